The van der Waals surface area contributed by atoms with Crippen LogP contribution in [-0.4, -0.2) is 50.8 Å². The van der Waals surface area contributed by atoms with E-state index in [1.54, 1.807) is 0 Å². The van der Waals surface area contributed by atoms with Crippen LogP contribution in [0.4, 0.5) is 0 Å². The van der Waals surface area contributed by atoms with E-state index >= 15 is 0 Å². The fourth-order valence-electron chi connectivity index (χ4n) is 4.71. The van der Waals surface area contributed by atoms with Crippen molar-refractivity contribution in [3.63, 3.8) is 0 Å². The number of fused-ring (bicyclic) bond motifs is 5. The molecule has 1 aromatic carbocycles. The molecule has 5 heteroatoms. The van der Waals surface area contributed by atoms with Crippen LogP contribution < -0.4 is 0 Å². The van der Waals surface area contributed by atoms with Crippen LogP contribution in [-0.2, 0) is 6.54 Å². The normalized spacial score (nSPS) is 22.5. The van der Waals surface area contributed by atoms with E-state index in [1.165, 1.54) is 18.4 Å². The van der Waals surface area contributed by atoms with Gasteiger partial charge in [-0.05, 0) is 48.9 Å². The number of amides is 1. The SMILES string of the molecule is Cc1ccn2cc(C(=O)N3C[C@H]4CC[C@@H](C3)N(Cc3ccccc3)C4)nc2c1. The van der Waals surface area contributed by atoms with Crippen molar-refractivity contribution in [1.29, 1.82) is 0 Å². The Labute approximate surface area is 165 Å². The van der Waals surface area contributed by atoms with E-state index in [-0.39, 0.29) is 5.91 Å². The molecule has 28 heavy (non-hydrogen) atoms. The molecular formula is C23H26N4O. The lowest BCUT2D eigenvalue weighted by atomic mass is 9.94. The summed E-state index contributed by atoms with van der Waals surface area (Å²) in [5.74, 6) is 0.616. The largest absolute Gasteiger partial charge is 0.335 e. The second-order valence-corrected chi connectivity index (χ2v) is 8.32. The third-order valence-electron chi connectivity index (χ3n) is 6.18. The van der Waals surface area contributed by atoms with E-state index in [4.69, 9.17) is 0 Å². The Morgan fingerprint density at radius 1 is 1.11 bits per heavy atom. The van der Waals surface area contributed by atoms with Gasteiger partial charge in [0.2, 0.25) is 0 Å². The number of aryl methyl sites for hydroxylation is 1. The second kappa shape index (κ2) is 7.06. The predicted molar refractivity (Wildman–Crippen MR) is 109 cm³/mol. The van der Waals surface area contributed by atoms with E-state index in [2.05, 4.69) is 40.2 Å². The van der Waals surface area contributed by atoms with Crippen molar-refractivity contribution in [3.8, 4) is 0 Å². The van der Waals surface area contributed by atoms with Gasteiger partial charge in [0.15, 0.2) is 0 Å². The summed E-state index contributed by atoms with van der Waals surface area (Å²) < 4.78 is 1.94. The second-order valence-electron chi connectivity index (χ2n) is 8.32. The zero-order chi connectivity index (χ0) is 19.1. The Kier molecular flexibility index (Phi) is 4.40. The molecule has 0 N–H and O–H groups in total. The molecule has 0 radical (unpaired) electrons. The van der Waals surface area contributed by atoms with E-state index in [1.807, 2.05) is 40.8 Å². The molecule has 144 valence electrons. The standard InChI is InChI=1S/C23H26N4O/c1-17-9-10-25-16-21(24-22(25)11-17)23(28)27-14-19-7-8-20(15-27)26(13-19)12-18-5-3-2-4-6-18/h2-6,9-11,16,19-20H,7-8,12-15H2,1H3/t19-,20-/m0/s1. The number of carbonyl (C=O) groups excluding carboxylic acids is 1. The summed E-state index contributed by atoms with van der Waals surface area (Å²) in [5, 5.41) is 0. The molecule has 6 rings (SSSR count). The quantitative estimate of drug-likeness (QED) is 0.706. The number of hydrogen-bond acceptors (Lipinski definition) is 3. The molecule has 2 atom stereocenters. The van der Waals surface area contributed by atoms with Crippen molar-refractivity contribution >= 4 is 11.6 Å². The monoisotopic (exact) mass is 374 g/mol. The number of nitrogens with zero attached hydrogens (tertiary/aromatic N) is 4. The van der Waals surface area contributed by atoms with E-state index in [0.717, 1.165) is 37.4 Å². The van der Waals surface area contributed by atoms with Crippen molar-refractivity contribution in [2.24, 2.45) is 5.92 Å². The van der Waals surface area contributed by atoms with Crippen molar-refractivity contribution in [1.82, 2.24) is 19.2 Å². The van der Waals surface area contributed by atoms with Gasteiger partial charge in [-0.25, -0.2) is 4.98 Å². The summed E-state index contributed by atoms with van der Waals surface area (Å²) in [7, 11) is 0. The van der Waals surface area contributed by atoms with Crippen LogP contribution in [0.15, 0.2) is 54.9 Å². The van der Waals surface area contributed by atoms with Crippen LogP contribution in [0.2, 0.25) is 0 Å². The number of piperidine rings is 1. The maximum absolute atomic E-state index is 13.2. The lowest BCUT2D eigenvalue weighted by Gasteiger charge is -2.36. The van der Waals surface area contributed by atoms with Crippen LogP contribution in [0.25, 0.3) is 5.65 Å². The maximum Gasteiger partial charge on any atom is 0.274 e. The van der Waals surface area contributed by atoms with Gasteiger partial charge in [-0.3, -0.25) is 9.69 Å². The van der Waals surface area contributed by atoms with Gasteiger partial charge >= 0.3 is 0 Å². The van der Waals surface area contributed by atoms with Gasteiger partial charge in [-0.1, -0.05) is 30.3 Å². The van der Waals surface area contributed by atoms with Gasteiger partial charge < -0.3 is 9.30 Å². The lowest BCUT2D eigenvalue weighted by Crippen LogP contribution is -2.43. The molecule has 3 saturated heterocycles. The first-order chi connectivity index (χ1) is 13.7. The fourth-order valence-corrected chi connectivity index (χ4v) is 4.71. The first-order valence-corrected chi connectivity index (χ1v) is 10.2. The zero-order valence-electron chi connectivity index (χ0n) is 16.3. The van der Waals surface area contributed by atoms with E-state index < -0.39 is 0 Å². The number of imidazole rings is 1. The minimum absolute atomic E-state index is 0.0693. The van der Waals surface area contributed by atoms with Crippen molar-refractivity contribution in [2.45, 2.75) is 32.4 Å². The first-order valence-electron chi connectivity index (χ1n) is 10.2. The summed E-state index contributed by atoms with van der Waals surface area (Å²) in [4.78, 5) is 22.4. The highest BCUT2D eigenvalue weighted by Crippen LogP contribution is 2.30. The molecule has 5 heterocycles. The highest BCUT2D eigenvalue weighted by atomic mass is 16.2. The van der Waals surface area contributed by atoms with Gasteiger partial charge in [-0.2, -0.15) is 0 Å². The highest BCUT2D eigenvalue weighted by Gasteiger charge is 2.37. The van der Waals surface area contributed by atoms with Crippen LogP contribution in [0.3, 0.4) is 0 Å². The zero-order valence-corrected chi connectivity index (χ0v) is 16.3. The minimum atomic E-state index is 0.0693. The molecule has 3 aliphatic rings. The molecule has 0 saturated carbocycles. The van der Waals surface area contributed by atoms with Crippen molar-refractivity contribution in [3.05, 3.63) is 71.7 Å². The Morgan fingerprint density at radius 2 is 1.96 bits per heavy atom. The summed E-state index contributed by atoms with van der Waals surface area (Å²) >= 11 is 0. The summed E-state index contributed by atoms with van der Waals surface area (Å²) in [6.45, 7) is 5.73. The average Bonchev–Trinajstić information content (AvgIpc) is 2.90. The molecule has 0 unspecified atom stereocenters. The number of rotatable bonds is 3. The van der Waals surface area contributed by atoms with Gasteiger partial charge in [0.05, 0.1) is 0 Å². The molecule has 3 aromatic rings. The molecule has 0 aliphatic carbocycles. The molecule has 5 nitrogen and oxygen atoms in total. The topological polar surface area (TPSA) is 40.9 Å². The summed E-state index contributed by atoms with van der Waals surface area (Å²) in [6, 6.07) is 15.1. The number of carbonyl (C=O) groups is 1. The van der Waals surface area contributed by atoms with Crippen LogP contribution in [0.5, 0.6) is 0 Å². The third kappa shape index (κ3) is 3.31. The fraction of sp³-hybridized carbons (Fsp3) is 0.391. The van der Waals surface area contributed by atoms with Gasteiger partial charge in [0.1, 0.15) is 11.3 Å². The van der Waals surface area contributed by atoms with Crippen LogP contribution in [0, 0.1) is 12.8 Å². The Bertz CT molecular complexity index is 996. The smallest absolute Gasteiger partial charge is 0.274 e. The van der Waals surface area contributed by atoms with Crippen molar-refractivity contribution in [2.75, 3.05) is 19.6 Å². The first kappa shape index (κ1) is 17.4. The average molecular weight is 374 g/mol. The summed E-state index contributed by atoms with van der Waals surface area (Å²) in [5.41, 5.74) is 3.90. The van der Waals surface area contributed by atoms with E-state index in [0.29, 0.717) is 17.7 Å². The minimum Gasteiger partial charge on any atom is -0.335 e. The number of aromatic nitrogens is 2. The molecule has 3 aliphatic heterocycles. The number of benzene rings is 1. The highest BCUT2D eigenvalue weighted by molar-refractivity contribution is 5.93. The maximum atomic E-state index is 13.2. The molecule has 2 aromatic heterocycles. The summed E-state index contributed by atoms with van der Waals surface area (Å²) in [6.07, 6.45) is 6.23. The molecule has 1 amide bonds. The van der Waals surface area contributed by atoms with Crippen molar-refractivity contribution < 1.29 is 4.79 Å². The Morgan fingerprint density at radius 3 is 2.82 bits per heavy atom. The lowest BCUT2D eigenvalue weighted by molar-refractivity contribution is 0.0731. The van der Waals surface area contributed by atoms with Gasteiger partial charge in [-0.15, -0.1) is 0 Å². The number of hydrogen-bond donors (Lipinski definition) is 0. The number of pyridine rings is 1. The molecular weight excluding hydrogens is 348 g/mol. The van der Waals surface area contributed by atoms with Gasteiger partial charge in [0.25, 0.3) is 5.91 Å². The van der Waals surface area contributed by atoms with Crippen LogP contribution >= 0.6 is 0 Å². The van der Waals surface area contributed by atoms with Gasteiger partial charge in [0, 0.05) is 44.6 Å². The third-order valence-corrected chi connectivity index (χ3v) is 6.18. The molecule has 0 spiro atoms. The Hall–Kier alpha value is -2.66. The Balaban J connectivity index is 1.35. The predicted octanol–water partition coefficient (Wildman–Crippen LogP) is 3.38. The molecule has 2 bridgehead atoms. The molecule has 3 fully saturated rings. The van der Waals surface area contributed by atoms with Crippen LogP contribution in [0.1, 0.15) is 34.5 Å². The van der Waals surface area contributed by atoms with E-state index in [9.17, 15) is 4.79 Å².